The summed E-state index contributed by atoms with van der Waals surface area (Å²) in [5.74, 6) is 1.12. The molecule has 4 aliphatic rings. The Labute approximate surface area is 218 Å². The molecule has 4 saturated carbocycles. The number of rotatable bonds is 5. The first-order valence-electron chi connectivity index (χ1n) is 14.5. The molecule has 4 rings (SSSR count). The van der Waals surface area contributed by atoms with E-state index in [1.807, 2.05) is 20.8 Å². The Hall–Kier alpha value is -1.23. The minimum absolute atomic E-state index is 0.00512. The van der Waals surface area contributed by atoms with Crippen molar-refractivity contribution in [2.45, 2.75) is 119 Å². The minimum Gasteiger partial charge on any atom is -0.469 e. The molecule has 36 heavy (non-hydrogen) atoms. The summed E-state index contributed by atoms with van der Waals surface area (Å²) in [5.41, 5.74) is -1.34. The van der Waals surface area contributed by atoms with Gasteiger partial charge in [-0.1, -0.05) is 41.5 Å². The van der Waals surface area contributed by atoms with Crippen molar-refractivity contribution < 1.29 is 24.2 Å². The van der Waals surface area contributed by atoms with Gasteiger partial charge in [-0.05, 0) is 92.3 Å². The summed E-state index contributed by atoms with van der Waals surface area (Å²) < 4.78 is 5.26. The van der Waals surface area contributed by atoms with Gasteiger partial charge in [0.05, 0.1) is 18.6 Å². The van der Waals surface area contributed by atoms with E-state index in [9.17, 15) is 19.5 Å². The van der Waals surface area contributed by atoms with Crippen molar-refractivity contribution in [3.8, 4) is 0 Å². The van der Waals surface area contributed by atoms with E-state index < -0.39 is 16.9 Å². The predicted molar refractivity (Wildman–Crippen MR) is 140 cm³/mol. The van der Waals surface area contributed by atoms with E-state index in [1.54, 1.807) is 0 Å². The van der Waals surface area contributed by atoms with Crippen molar-refractivity contribution in [3.05, 3.63) is 0 Å². The zero-order valence-corrected chi connectivity index (χ0v) is 24.0. The molecule has 4 fully saturated rings. The average Bonchev–Trinajstić information content (AvgIpc) is 2.83. The van der Waals surface area contributed by atoms with Gasteiger partial charge >= 0.3 is 5.97 Å². The summed E-state index contributed by atoms with van der Waals surface area (Å²) in [6.07, 6.45) is 7.46. The van der Waals surface area contributed by atoms with Crippen molar-refractivity contribution in [1.29, 1.82) is 0 Å². The molecule has 0 saturated heterocycles. The van der Waals surface area contributed by atoms with Crippen LogP contribution in [-0.2, 0) is 19.1 Å². The summed E-state index contributed by atoms with van der Waals surface area (Å²) in [6.45, 7) is 15.3. The maximum Gasteiger partial charge on any atom is 0.314 e. The molecular weight excluding hydrogens is 452 g/mol. The molecule has 1 N–H and O–H groups in total. The molecule has 0 aliphatic heterocycles. The van der Waals surface area contributed by atoms with E-state index in [-0.39, 0.29) is 45.8 Å². The third-order valence-electron chi connectivity index (χ3n) is 12.9. The second-order valence-corrected chi connectivity index (χ2v) is 14.4. The van der Waals surface area contributed by atoms with Gasteiger partial charge in [-0.25, -0.2) is 0 Å². The summed E-state index contributed by atoms with van der Waals surface area (Å²) >= 11 is 0. The van der Waals surface area contributed by atoms with Gasteiger partial charge in [-0.3, -0.25) is 14.4 Å². The van der Waals surface area contributed by atoms with Gasteiger partial charge in [-0.2, -0.15) is 0 Å². The standard InChI is InChI=1S/C31H50O5/c1-19(2)20(32)11-15-28(4)22-10-9-21-27(3)16-13-25(34)31(7,26(35)36-8)23(27)12-17-29(21,5)30(22,6)18-14-24(28)33/h19,21-23,25,34H,9-18H2,1-8H3/t21-,22-,23-,25-,27-,28-,29-,30-,31-/m1/s1. The number of methoxy groups -OCH3 is 1. The van der Waals surface area contributed by atoms with Gasteiger partial charge in [0.25, 0.3) is 0 Å². The highest BCUT2D eigenvalue weighted by Gasteiger charge is 2.71. The third kappa shape index (κ3) is 3.53. The molecule has 204 valence electrons. The van der Waals surface area contributed by atoms with Crippen LogP contribution < -0.4 is 0 Å². The van der Waals surface area contributed by atoms with Crippen molar-refractivity contribution in [2.75, 3.05) is 7.11 Å². The zero-order chi connectivity index (χ0) is 26.9. The van der Waals surface area contributed by atoms with Crippen molar-refractivity contribution >= 4 is 17.5 Å². The Morgan fingerprint density at radius 3 is 2.14 bits per heavy atom. The number of ketones is 2. The van der Waals surface area contributed by atoms with E-state index in [1.165, 1.54) is 7.11 Å². The van der Waals surface area contributed by atoms with Gasteiger partial charge < -0.3 is 9.84 Å². The van der Waals surface area contributed by atoms with E-state index in [4.69, 9.17) is 4.74 Å². The molecule has 5 nitrogen and oxygen atoms in total. The molecule has 0 heterocycles. The molecule has 0 amide bonds. The van der Waals surface area contributed by atoms with Crippen LogP contribution in [0.5, 0.6) is 0 Å². The van der Waals surface area contributed by atoms with E-state index in [0.717, 1.165) is 38.5 Å². The maximum atomic E-state index is 13.5. The molecule has 4 aliphatic carbocycles. The first-order valence-corrected chi connectivity index (χ1v) is 14.5. The number of aliphatic hydroxyl groups excluding tert-OH is 1. The number of fused-ring (bicyclic) bond motifs is 5. The van der Waals surface area contributed by atoms with Crippen LogP contribution in [0.1, 0.15) is 113 Å². The fourth-order valence-corrected chi connectivity index (χ4v) is 10.4. The summed E-state index contributed by atoms with van der Waals surface area (Å²) in [5, 5.41) is 11.1. The fourth-order valence-electron chi connectivity index (χ4n) is 10.4. The molecule has 0 spiro atoms. The third-order valence-corrected chi connectivity index (χ3v) is 12.9. The highest BCUT2D eigenvalue weighted by molar-refractivity contribution is 5.87. The number of hydrogen-bond donors (Lipinski definition) is 1. The number of aliphatic hydroxyl groups is 1. The molecule has 9 atom stereocenters. The number of Topliss-reactive ketones (excluding diaryl/α,β-unsaturated/α-hetero) is 2. The van der Waals surface area contributed by atoms with Crippen LogP contribution in [0.3, 0.4) is 0 Å². The van der Waals surface area contributed by atoms with Gasteiger partial charge in [-0.15, -0.1) is 0 Å². The largest absolute Gasteiger partial charge is 0.469 e. The molecular formula is C31H50O5. The number of carbonyl (C=O) groups excluding carboxylic acids is 3. The first kappa shape index (κ1) is 27.8. The maximum absolute atomic E-state index is 13.5. The summed E-state index contributed by atoms with van der Waals surface area (Å²) in [7, 11) is 1.44. The number of carbonyl (C=O) groups is 3. The van der Waals surface area contributed by atoms with Gasteiger partial charge in [0.15, 0.2) is 0 Å². The second-order valence-electron chi connectivity index (χ2n) is 14.4. The van der Waals surface area contributed by atoms with E-state index in [0.29, 0.717) is 37.4 Å². The van der Waals surface area contributed by atoms with Gasteiger partial charge in [0.1, 0.15) is 11.6 Å². The molecule has 0 aromatic heterocycles. The first-order chi connectivity index (χ1) is 16.6. The van der Waals surface area contributed by atoms with Gasteiger partial charge in [0, 0.05) is 24.2 Å². The normalized spacial score (nSPS) is 48.6. The zero-order valence-electron chi connectivity index (χ0n) is 24.0. The highest BCUT2D eigenvalue weighted by Crippen LogP contribution is 2.75. The molecule has 0 aromatic rings. The van der Waals surface area contributed by atoms with Crippen LogP contribution in [0.25, 0.3) is 0 Å². The second kappa shape index (κ2) is 8.92. The van der Waals surface area contributed by atoms with Gasteiger partial charge in [0.2, 0.25) is 0 Å². The SMILES string of the molecule is COC(=O)[C@@]1(C)[C@H](O)CC[C@@]2(C)[C@H]1CC[C@]1(C)[C@@H]2CC[C@@H]2[C@@](C)(CCC(=O)C(C)C)C(=O)CC[C@]21C. The summed E-state index contributed by atoms with van der Waals surface area (Å²) in [4.78, 5) is 39.1. The smallest absolute Gasteiger partial charge is 0.314 e. The van der Waals surface area contributed by atoms with Crippen LogP contribution in [-0.4, -0.2) is 35.9 Å². The lowest BCUT2D eigenvalue weighted by Gasteiger charge is -2.72. The molecule has 0 unspecified atom stereocenters. The molecule has 0 aromatic carbocycles. The van der Waals surface area contributed by atoms with E-state index in [2.05, 4.69) is 27.7 Å². The van der Waals surface area contributed by atoms with Crippen LogP contribution in [0.4, 0.5) is 0 Å². The molecule has 0 bridgehead atoms. The Morgan fingerprint density at radius 2 is 1.53 bits per heavy atom. The monoisotopic (exact) mass is 502 g/mol. The van der Waals surface area contributed by atoms with Crippen LogP contribution >= 0.6 is 0 Å². The lowest BCUT2D eigenvalue weighted by Crippen LogP contribution is -2.68. The fraction of sp³-hybridized carbons (Fsp3) is 0.903. The molecule has 5 heteroatoms. The topological polar surface area (TPSA) is 80.7 Å². The lowest BCUT2D eigenvalue weighted by molar-refractivity contribution is -0.247. The average molecular weight is 503 g/mol. The van der Waals surface area contributed by atoms with E-state index >= 15 is 0 Å². The van der Waals surface area contributed by atoms with Crippen molar-refractivity contribution in [1.82, 2.24) is 0 Å². The molecule has 0 radical (unpaired) electrons. The lowest BCUT2D eigenvalue weighted by atomic mass is 9.32. The van der Waals surface area contributed by atoms with Crippen molar-refractivity contribution in [3.63, 3.8) is 0 Å². The summed E-state index contributed by atoms with van der Waals surface area (Å²) in [6, 6.07) is 0. The van der Waals surface area contributed by atoms with Crippen LogP contribution in [0, 0.1) is 50.7 Å². The quantitative estimate of drug-likeness (QED) is 0.456. The Morgan fingerprint density at radius 1 is 0.917 bits per heavy atom. The Kier molecular flexibility index (Phi) is 6.89. The number of hydrogen-bond acceptors (Lipinski definition) is 5. The predicted octanol–water partition coefficient (Wildman–Crippen LogP) is 6.15. The highest BCUT2D eigenvalue weighted by atomic mass is 16.5. The van der Waals surface area contributed by atoms with Crippen LogP contribution in [0.15, 0.2) is 0 Å². The Balaban J connectivity index is 1.71. The Bertz CT molecular complexity index is 926. The van der Waals surface area contributed by atoms with Crippen LogP contribution in [0.2, 0.25) is 0 Å². The number of ether oxygens (including phenoxy) is 1. The van der Waals surface area contributed by atoms with Crippen molar-refractivity contribution in [2.24, 2.45) is 50.7 Å². The minimum atomic E-state index is -0.880. The number of esters is 1.